The molecule has 5 aromatic rings. The summed E-state index contributed by atoms with van der Waals surface area (Å²) in [4.78, 5) is 12.2. The third-order valence-corrected chi connectivity index (χ3v) is 5.87. The van der Waals surface area contributed by atoms with E-state index >= 15 is 0 Å². The molecule has 3 N–H and O–H groups in total. The Kier molecular flexibility index (Phi) is 3.95. The van der Waals surface area contributed by atoms with E-state index in [9.17, 15) is 0 Å². The van der Waals surface area contributed by atoms with Gasteiger partial charge >= 0.3 is 0 Å². The Morgan fingerprint density at radius 3 is 2.86 bits per heavy atom. The summed E-state index contributed by atoms with van der Waals surface area (Å²) in [5, 5.41) is 4.38. The van der Waals surface area contributed by atoms with Crippen molar-refractivity contribution in [3.63, 3.8) is 0 Å². The van der Waals surface area contributed by atoms with E-state index < -0.39 is 0 Å². The molecule has 4 aromatic heterocycles. The quantitative estimate of drug-likeness (QED) is 0.408. The number of anilines is 1. The molecule has 28 heavy (non-hydrogen) atoms. The SMILES string of the molecule is Cc1cc2cc(-c3csc4c(/C=C/c5ccccn5)cnc(N)c34)ccc2[nH]1. The van der Waals surface area contributed by atoms with Gasteiger partial charge in [-0.2, -0.15) is 0 Å². The highest BCUT2D eigenvalue weighted by Gasteiger charge is 2.13. The Morgan fingerprint density at radius 2 is 2.00 bits per heavy atom. The minimum atomic E-state index is 0.562. The highest BCUT2D eigenvalue weighted by Crippen LogP contribution is 2.39. The molecule has 0 aliphatic carbocycles. The Morgan fingerprint density at radius 1 is 1.07 bits per heavy atom. The van der Waals surface area contributed by atoms with E-state index in [1.54, 1.807) is 17.5 Å². The molecule has 0 bridgehead atoms. The summed E-state index contributed by atoms with van der Waals surface area (Å²) >= 11 is 1.70. The number of nitrogens with two attached hydrogens (primary N) is 1. The second-order valence-corrected chi connectivity index (χ2v) is 7.67. The Hall–Kier alpha value is -3.44. The van der Waals surface area contributed by atoms with Crippen LogP contribution in [0.2, 0.25) is 0 Å². The molecule has 5 rings (SSSR count). The number of aryl methyl sites for hydroxylation is 1. The van der Waals surface area contributed by atoms with Crippen molar-refractivity contribution in [2.45, 2.75) is 6.92 Å². The second-order valence-electron chi connectivity index (χ2n) is 6.79. The molecule has 0 spiro atoms. The van der Waals surface area contributed by atoms with Crippen LogP contribution in [0.25, 0.3) is 44.3 Å². The van der Waals surface area contributed by atoms with Gasteiger partial charge in [0, 0.05) is 50.2 Å². The highest BCUT2D eigenvalue weighted by molar-refractivity contribution is 7.18. The first-order valence-corrected chi connectivity index (χ1v) is 9.91. The largest absolute Gasteiger partial charge is 0.383 e. The zero-order valence-corrected chi connectivity index (χ0v) is 16.1. The van der Waals surface area contributed by atoms with E-state index in [1.807, 2.05) is 30.5 Å². The fourth-order valence-corrected chi connectivity index (χ4v) is 4.59. The molecular weight excluding hydrogens is 364 g/mol. The molecule has 0 radical (unpaired) electrons. The highest BCUT2D eigenvalue weighted by atomic mass is 32.1. The first-order chi connectivity index (χ1) is 13.7. The zero-order valence-electron chi connectivity index (χ0n) is 15.3. The van der Waals surface area contributed by atoms with Crippen LogP contribution in [0.1, 0.15) is 17.0 Å². The van der Waals surface area contributed by atoms with Crippen LogP contribution in [0.3, 0.4) is 0 Å². The summed E-state index contributed by atoms with van der Waals surface area (Å²) in [6.45, 7) is 2.07. The van der Waals surface area contributed by atoms with Crippen molar-refractivity contribution in [2.24, 2.45) is 0 Å². The third-order valence-electron chi connectivity index (χ3n) is 4.84. The number of thiophene rings is 1. The first-order valence-electron chi connectivity index (χ1n) is 9.03. The van der Waals surface area contributed by atoms with Gasteiger partial charge in [0.15, 0.2) is 0 Å². The number of H-pyrrole nitrogens is 1. The molecule has 0 unspecified atom stereocenters. The number of fused-ring (bicyclic) bond motifs is 2. The third kappa shape index (κ3) is 2.86. The summed E-state index contributed by atoms with van der Waals surface area (Å²) in [5.74, 6) is 0.562. The van der Waals surface area contributed by atoms with Crippen molar-refractivity contribution in [1.82, 2.24) is 15.0 Å². The number of pyridine rings is 2. The summed E-state index contributed by atoms with van der Waals surface area (Å²) in [6.07, 6.45) is 7.67. The second kappa shape index (κ2) is 6.62. The van der Waals surface area contributed by atoms with Gasteiger partial charge in [0.05, 0.1) is 5.69 Å². The van der Waals surface area contributed by atoms with E-state index in [1.165, 1.54) is 5.39 Å². The number of aromatic amines is 1. The molecule has 0 fully saturated rings. The lowest BCUT2D eigenvalue weighted by Gasteiger charge is -2.05. The predicted molar refractivity (Wildman–Crippen MR) is 119 cm³/mol. The first kappa shape index (κ1) is 16.7. The molecule has 0 amide bonds. The molecular formula is C23H18N4S. The van der Waals surface area contributed by atoms with Crippen LogP contribution in [-0.2, 0) is 0 Å². The lowest BCUT2D eigenvalue weighted by molar-refractivity contribution is 1.30. The van der Waals surface area contributed by atoms with Gasteiger partial charge in [-0.3, -0.25) is 4.98 Å². The van der Waals surface area contributed by atoms with E-state index in [0.717, 1.165) is 43.7 Å². The zero-order chi connectivity index (χ0) is 19.1. The van der Waals surface area contributed by atoms with Gasteiger partial charge in [-0.1, -0.05) is 12.1 Å². The average molecular weight is 382 g/mol. The van der Waals surface area contributed by atoms with Crippen molar-refractivity contribution < 1.29 is 0 Å². The number of nitrogens with zero attached hydrogens (tertiary/aromatic N) is 2. The molecule has 136 valence electrons. The van der Waals surface area contributed by atoms with Gasteiger partial charge in [0.2, 0.25) is 0 Å². The predicted octanol–water partition coefficient (Wildman–Crippen LogP) is 5.90. The normalized spacial score (nSPS) is 11.8. The van der Waals surface area contributed by atoms with Crippen LogP contribution in [0.15, 0.2) is 60.2 Å². The van der Waals surface area contributed by atoms with Crippen LogP contribution in [0, 0.1) is 6.92 Å². The molecule has 0 aliphatic rings. The van der Waals surface area contributed by atoms with Crippen LogP contribution in [-0.4, -0.2) is 15.0 Å². The lowest BCUT2D eigenvalue weighted by Crippen LogP contribution is -1.92. The van der Waals surface area contributed by atoms with Crippen molar-refractivity contribution >= 4 is 50.3 Å². The summed E-state index contributed by atoms with van der Waals surface area (Å²) in [6, 6.07) is 14.5. The van der Waals surface area contributed by atoms with Crippen molar-refractivity contribution in [2.75, 3.05) is 5.73 Å². The number of hydrogen-bond acceptors (Lipinski definition) is 4. The summed E-state index contributed by atoms with van der Waals surface area (Å²) < 4.78 is 1.14. The van der Waals surface area contributed by atoms with E-state index in [-0.39, 0.29) is 0 Å². The van der Waals surface area contributed by atoms with E-state index in [0.29, 0.717) is 5.82 Å². The lowest BCUT2D eigenvalue weighted by atomic mass is 10.0. The van der Waals surface area contributed by atoms with Gasteiger partial charge in [-0.05, 0) is 60.4 Å². The fourth-order valence-electron chi connectivity index (χ4n) is 3.51. The number of rotatable bonds is 3. The van der Waals surface area contributed by atoms with Crippen LogP contribution in [0.5, 0.6) is 0 Å². The minimum Gasteiger partial charge on any atom is -0.383 e. The molecule has 5 heteroatoms. The maximum absolute atomic E-state index is 6.28. The molecule has 4 nitrogen and oxygen atoms in total. The number of nitrogens with one attached hydrogen (secondary N) is 1. The molecule has 0 saturated heterocycles. The standard InChI is InChI=1S/C23H18N4S/c1-14-10-17-11-15(6-8-20(17)27-14)19-13-28-22-16(12-26-23(24)21(19)22)5-7-18-4-2-3-9-25-18/h2-13,27H,1H3,(H2,24,26)/b7-5+. The minimum absolute atomic E-state index is 0.562. The molecule has 1 aromatic carbocycles. The smallest absolute Gasteiger partial charge is 0.132 e. The molecule has 0 atom stereocenters. The Balaban J connectivity index is 1.63. The summed E-state index contributed by atoms with van der Waals surface area (Å²) in [5.41, 5.74) is 12.8. The average Bonchev–Trinajstić information content (AvgIpc) is 3.31. The van der Waals surface area contributed by atoms with Gasteiger partial charge in [-0.25, -0.2) is 4.98 Å². The molecule has 4 heterocycles. The fraction of sp³-hybridized carbons (Fsp3) is 0.0435. The number of nitrogen functional groups attached to an aromatic ring is 1. The van der Waals surface area contributed by atoms with Crippen LogP contribution in [0.4, 0.5) is 5.82 Å². The topological polar surface area (TPSA) is 67.6 Å². The van der Waals surface area contributed by atoms with Gasteiger partial charge in [0.1, 0.15) is 5.82 Å². The van der Waals surface area contributed by atoms with E-state index in [4.69, 9.17) is 5.73 Å². The van der Waals surface area contributed by atoms with Gasteiger partial charge in [0.25, 0.3) is 0 Å². The summed E-state index contributed by atoms with van der Waals surface area (Å²) in [7, 11) is 0. The van der Waals surface area contributed by atoms with Crippen molar-refractivity contribution in [3.8, 4) is 11.1 Å². The monoisotopic (exact) mass is 382 g/mol. The van der Waals surface area contributed by atoms with Crippen LogP contribution >= 0.6 is 11.3 Å². The Labute approximate surface area is 166 Å². The number of benzene rings is 1. The molecule has 0 saturated carbocycles. The maximum atomic E-state index is 6.28. The van der Waals surface area contributed by atoms with Gasteiger partial charge in [-0.15, -0.1) is 11.3 Å². The number of hydrogen-bond donors (Lipinski definition) is 2. The Bertz CT molecular complexity index is 1330. The van der Waals surface area contributed by atoms with Gasteiger partial charge < -0.3 is 10.7 Å². The van der Waals surface area contributed by atoms with Crippen molar-refractivity contribution in [3.05, 3.63) is 77.2 Å². The molecule has 0 aliphatic heterocycles. The maximum Gasteiger partial charge on any atom is 0.132 e. The van der Waals surface area contributed by atoms with Crippen LogP contribution < -0.4 is 5.73 Å². The van der Waals surface area contributed by atoms with E-state index in [2.05, 4.69) is 57.6 Å². The number of aromatic nitrogens is 3. The van der Waals surface area contributed by atoms with Crippen molar-refractivity contribution in [1.29, 1.82) is 0 Å².